The van der Waals surface area contributed by atoms with E-state index in [2.05, 4.69) is 10.1 Å². The van der Waals surface area contributed by atoms with Crippen LogP contribution in [-0.4, -0.2) is 42.0 Å². The van der Waals surface area contributed by atoms with Crippen LogP contribution in [0.4, 0.5) is 8.78 Å². The van der Waals surface area contributed by atoms with Crippen LogP contribution in [0.2, 0.25) is 0 Å². The Kier molecular flexibility index (Phi) is 4.11. The maximum Gasteiger partial charge on any atom is 0.387 e. The van der Waals surface area contributed by atoms with Gasteiger partial charge >= 0.3 is 6.61 Å². The molecule has 0 aliphatic carbocycles. The Morgan fingerprint density at radius 2 is 2.05 bits per heavy atom. The number of nitrogens with zero attached hydrogens (tertiary/aromatic N) is 1. The van der Waals surface area contributed by atoms with Crippen LogP contribution in [0.1, 0.15) is 24.2 Å². The minimum absolute atomic E-state index is 0.0144. The predicted molar refractivity (Wildman–Crippen MR) is 71.2 cm³/mol. The molecule has 114 valence electrons. The van der Waals surface area contributed by atoms with Gasteiger partial charge in [0.2, 0.25) is 5.91 Å². The second kappa shape index (κ2) is 5.67. The molecule has 1 aromatic rings. The summed E-state index contributed by atoms with van der Waals surface area (Å²) in [6, 6.07) is 5.77. The molecule has 1 aromatic carbocycles. The van der Waals surface area contributed by atoms with Crippen molar-refractivity contribution in [2.45, 2.75) is 26.0 Å². The average molecular weight is 298 g/mol. The highest BCUT2D eigenvalue weighted by atomic mass is 19.3. The molecule has 0 aromatic heterocycles. The monoisotopic (exact) mass is 298 g/mol. The minimum atomic E-state index is -3.02. The van der Waals surface area contributed by atoms with Gasteiger partial charge in [-0.2, -0.15) is 8.78 Å². The first kappa shape index (κ1) is 15.2. The van der Waals surface area contributed by atoms with Gasteiger partial charge in [-0.05, 0) is 26.0 Å². The normalized spacial score (nSPS) is 17.6. The zero-order chi connectivity index (χ0) is 15.6. The molecule has 0 atom stereocenters. The van der Waals surface area contributed by atoms with Crippen LogP contribution in [0.5, 0.6) is 5.75 Å². The smallest absolute Gasteiger partial charge is 0.387 e. The number of ether oxygens (including phenoxy) is 1. The molecule has 1 heterocycles. The van der Waals surface area contributed by atoms with Crippen molar-refractivity contribution in [3.63, 3.8) is 0 Å². The highest BCUT2D eigenvalue weighted by molar-refractivity contribution is 6.01. The Morgan fingerprint density at radius 3 is 2.71 bits per heavy atom. The van der Waals surface area contributed by atoms with Crippen molar-refractivity contribution < 1.29 is 23.1 Å². The fourth-order valence-corrected chi connectivity index (χ4v) is 2.24. The van der Waals surface area contributed by atoms with Gasteiger partial charge < -0.3 is 15.0 Å². The topological polar surface area (TPSA) is 58.6 Å². The number of halogens is 2. The van der Waals surface area contributed by atoms with Crippen molar-refractivity contribution in [1.82, 2.24) is 10.2 Å². The van der Waals surface area contributed by atoms with E-state index in [-0.39, 0.29) is 17.2 Å². The molecule has 2 amide bonds. The summed E-state index contributed by atoms with van der Waals surface area (Å²) in [6.45, 7) is 0.829. The number of hydrogen-bond acceptors (Lipinski definition) is 3. The van der Waals surface area contributed by atoms with Gasteiger partial charge in [0.15, 0.2) is 0 Å². The van der Waals surface area contributed by atoms with E-state index >= 15 is 0 Å². The van der Waals surface area contributed by atoms with Gasteiger partial charge in [-0.25, -0.2) is 0 Å². The first-order chi connectivity index (χ1) is 9.84. The number of hydrogen-bond donors (Lipinski definition) is 1. The third-order valence-electron chi connectivity index (χ3n) is 3.43. The lowest BCUT2D eigenvalue weighted by molar-refractivity contribution is -0.133. The molecule has 0 radical (unpaired) electrons. The highest BCUT2D eigenvalue weighted by Gasteiger charge is 2.41. The van der Waals surface area contributed by atoms with Crippen LogP contribution in [0.25, 0.3) is 0 Å². The van der Waals surface area contributed by atoms with Gasteiger partial charge in [0.25, 0.3) is 5.91 Å². The standard InChI is InChI=1S/C14H16F2N2O3/c1-14(2)12(20)17-7-8-18(14)11(19)9-5-3-4-6-10(9)21-13(15)16/h3-6,13H,7-8H2,1-2H3,(H,17,20). The summed E-state index contributed by atoms with van der Waals surface area (Å²) in [4.78, 5) is 25.8. The molecule has 0 saturated carbocycles. The molecule has 5 nitrogen and oxygen atoms in total. The molecule has 21 heavy (non-hydrogen) atoms. The summed E-state index contributed by atoms with van der Waals surface area (Å²) < 4.78 is 29.2. The van der Waals surface area contributed by atoms with Crippen LogP contribution < -0.4 is 10.1 Å². The van der Waals surface area contributed by atoms with Gasteiger partial charge in [-0.3, -0.25) is 9.59 Å². The summed E-state index contributed by atoms with van der Waals surface area (Å²) >= 11 is 0. The molecule has 7 heteroatoms. The zero-order valence-electron chi connectivity index (χ0n) is 11.7. The third-order valence-corrected chi connectivity index (χ3v) is 3.43. The number of amides is 2. The lowest BCUT2D eigenvalue weighted by atomic mass is 9.97. The molecule has 0 spiro atoms. The van der Waals surface area contributed by atoms with E-state index in [1.54, 1.807) is 19.9 Å². The van der Waals surface area contributed by atoms with E-state index in [4.69, 9.17) is 0 Å². The summed E-state index contributed by atoms with van der Waals surface area (Å²) in [7, 11) is 0. The SMILES string of the molecule is CC1(C)C(=O)NCCN1C(=O)c1ccccc1OC(F)F. The first-order valence-corrected chi connectivity index (χ1v) is 6.48. The fourth-order valence-electron chi connectivity index (χ4n) is 2.24. The van der Waals surface area contributed by atoms with Gasteiger partial charge in [-0.1, -0.05) is 12.1 Å². The molecule has 1 fully saturated rings. The Morgan fingerprint density at radius 1 is 1.38 bits per heavy atom. The van der Waals surface area contributed by atoms with Crippen molar-refractivity contribution in [2.24, 2.45) is 0 Å². The summed E-state index contributed by atoms with van der Waals surface area (Å²) in [5.74, 6) is -0.986. The summed E-state index contributed by atoms with van der Waals surface area (Å²) in [5, 5.41) is 2.67. The molecule has 0 unspecified atom stereocenters. The van der Waals surface area contributed by atoms with E-state index in [9.17, 15) is 18.4 Å². The number of carbonyl (C=O) groups excluding carboxylic acids is 2. The van der Waals surface area contributed by atoms with E-state index in [1.807, 2.05) is 0 Å². The van der Waals surface area contributed by atoms with Crippen LogP contribution in [0.15, 0.2) is 24.3 Å². The second-order valence-corrected chi connectivity index (χ2v) is 5.15. The van der Waals surface area contributed by atoms with E-state index in [0.29, 0.717) is 13.1 Å². The van der Waals surface area contributed by atoms with Crippen LogP contribution in [-0.2, 0) is 4.79 Å². The molecule has 1 aliphatic heterocycles. The molecule has 1 N–H and O–H groups in total. The van der Waals surface area contributed by atoms with Crippen molar-refractivity contribution in [1.29, 1.82) is 0 Å². The Balaban J connectivity index is 2.34. The van der Waals surface area contributed by atoms with Gasteiger partial charge in [-0.15, -0.1) is 0 Å². The molecule has 0 bridgehead atoms. The maximum atomic E-state index is 12.6. The van der Waals surface area contributed by atoms with Crippen molar-refractivity contribution in [3.05, 3.63) is 29.8 Å². The predicted octanol–water partition coefficient (Wildman–Crippen LogP) is 1.64. The molecule has 1 saturated heterocycles. The van der Waals surface area contributed by atoms with Gasteiger partial charge in [0, 0.05) is 13.1 Å². The van der Waals surface area contributed by atoms with Crippen LogP contribution >= 0.6 is 0 Å². The van der Waals surface area contributed by atoms with Gasteiger partial charge in [0.05, 0.1) is 5.56 Å². The quantitative estimate of drug-likeness (QED) is 0.923. The minimum Gasteiger partial charge on any atom is -0.434 e. The molecule has 1 aliphatic rings. The Bertz CT molecular complexity index is 561. The van der Waals surface area contributed by atoms with Crippen molar-refractivity contribution >= 4 is 11.8 Å². The number of piperazine rings is 1. The Labute approximate surface area is 120 Å². The van der Waals surface area contributed by atoms with Crippen molar-refractivity contribution in [3.8, 4) is 5.75 Å². The van der Waals surface area contributed by atoms with E-state index < -0.39 is 18.1 Å². The number of benzene rings is 1. The molecular weight excluding hydrogens is 282 g/mol. The number of nitrogens with one attached hydrogen (secondary N) is 1. The number of alkyl halides is 2. The summed E-state index contributed by atoms with van der Waals surface area (Å²) in [5.41, 5.74) is -1.03. The van der Waals surface area contributed by atoms with Crippen molar-refractivity contribution in [2.75, 3.05) is 13.1 Å². The van der Waals surface area contributed by atoms with Gasteiger partial charge in [0.1, 0.15) is 11.3 Å². The third kappa shape index (κ3) is 2.96. The number of carbonyl (C=O) groups is 2. The molecule has 2 rings (SSSR count). The lowest BCUT2D eigenvalue weighted by Gasteiger charge is -2.41. The fraction of sp³-hybridized carbons (Fsp3) is 0.429. The highest BCUT2D eigenvalue weighted by Crippen LogP contribution is 2.26. The van der Waals surface area contributed by atoms with E-state index in [0.717, 1.165) is 0 Å². The Hall–Kier alpha value is -2.18. The lowest BCUT2D eigenvalue weighted by Crippen LogP contribution is -2.63. The van der Waals surface area contributed by atoms with Crippen LogP contribution in [0, 0.1) is 0 Å². The zero-order valence-corrected chi connectivity index (χ0v) is 11.7. The first-order valence-electron chi connectivity index (χ1n) is 6.48. The maximum absolute atomic E-state index is 12.6. The second-order valence-electron chi connectivity index (χ2n) is 5.15. The van der Waals surface area contributed by atoms with Crippen LogP contribution in [0.3, 0.4) is 0 Å². The largest absolute Gasteiger partial charge is 0.434 e. The molecular formula is C14H16F2N2O3. The number of para-hydroxylation sites is 1. The summed E-state index contributed by atoms with van der Waals surface area (Å²) in [6.07, 6.45) is 0. The van der Waals surface area contributed by atoms with E-state index in [1.165, 1.54) is 23.1 Å². The number of rotatable bonds is 3. The average Bonchev–Trinajstić information content (AvgIpc) is 2.41.